The minimum atomic E-state index is -1.31. The highest BCUT2D eigenvalue weighted by atomic mass is 16.6. The van der Waals surface area contributed by atoms with Gasteiger partial charge >= 0.3 is 6.09 Å². The monoisotopic (exact) mass is 580 g/mol. The zero-order chi connectivity index (χ0) is 31.4. The predicted molar refractivity (Wildman–Crippen MR) is 166 cm³/mol. The lowest BCUT2D eigenvalue weighted by Gasteiger charge is -2.34. The van der Waals surface area contributed by atoms with Gasteiger partial charge in [-0.15, -0.1) is 0 Å². The maximum absolute atomic E-state index is 14.2. The quantitative estimate of drug-likeness (QED) is 0.241. The molecule has 0 aliphatic carbocycles. The van der Waals surface area contributed by atoms with Gasteiger partial charge in [0.25, 0.3) is 5.91 Å². The first-order valence-electron chi connectivity index (χ1n) is 14.8. The molecule has 2 aromatic rings. The number of anilines is 1. The van der Waals surface area contributed by atoms with E-state index in [-0.39, 0.29) is 6.54 Å². The molecule has 0 heterocycles. The minimum absolute atomic E-state index is 0.243. The van der Waals surface area contributed by atoms with Crippen LogP contribution in [0.25, 0.3) is 0 Å². The molecule has 2 unspecified atom stereocenters. The Hall–Kier alpha value is -3.88. The van der Waals surface area contributed by atoms with Gasteiger partial charge in [0, 0.05) is 12.2 Å². The third kappa shape index (κ3) is 10.8. The lowest BCUT2D eigenvalue weighted by atomic mass is 9.99. The van der Waals surface area contributed by atoms with Crippen LogP contribution >= 0.6 is 0 Å². The summed E-state index contributed by atoms with van der Waals surface area (Å²) >= 11 is 0. The van der Waals surface area contributed by atoms with E-state index in [1.807, 2.05) is 63.2 Å². The van der Waals surface area contributed by atoms with Gasteiger partial charge in [-0.2, -0.15) is 0 Å². The number of primary amides is 1. The van der Waals surface area contributed by atoms with Crippen molar-refractivity contribution in [2.24, 2.45) is 5.73 Å². The second-order valence-corrected chi connectivity index (χ2v) is 11.9. The fourth-order valence-corrected chi connectivity index (χ4v) is 4.73. The van der Waals surface area contributed by atoms with Gasteiger partial charge in [0.2, 0.25) is 11.8 Å². The first-order chi connectivity index (χ1) is 19.7. The normalized spacial score (nSPS) is 12.6. The lowest BCUT2D eigenvalue weighted by molar-refractivity contribution is -0.142. The fourth-order valence-electron chi connectivity index (χ4n) is 4.73. The van der Waals surface area contributed by atoms with Gasteiger partial charge in [-0.1, -0.05) is 80.6 Å². The van der Waals surface area contributed by atoms with Crippen molar-refractivity contribution < 1.29 is 23.9 Å². The molecule has 4 N–H and O–H groups in total. The molecular formula is C33H48N4O5. The van der Waals surface area contributed by atoms with Crippen molar-refractivity contribution in [2.75, 3.05) is 11.9 Å². The van der Waals surface area contributed by atoms with Gasteiger partial charge in [0.15, 0.2) is 0 Å². The van der Waals surface area contributed by atoms with Crippen molar-refractivity contribution in [2.45, 2.75) is 105 Å². The van der Waals surface area contributed by atoms with E-state index in [0.717, 1.165) is 42.4 Å². The molecule has 2 atom stereocenters. The van der Waals surface area contributed by atoms with Gasteiger partial charge in [-0.05, 0) is 64.7 Å². The third-order valence-electron chi connectivity index (χ3n) is 6.86. The molecule has 0 bridgehead atoms. The van der Waals surface area contributed by atoms with Gasteiger partial charge in [0.1, 0.15) is 17.7 Å². The summed E-state index contributed by atoms with van der Waals surface area (Å²) in [6.45, 7) is 13.2. The number of alkyl carbamates (subject to hydrolysis) is 1. The van der Waals surface area contributed by atoms with Crippen LogP contribution in [0.3, 0.4) is 0 Å². The standard InChI is InChI=1S/C33H48N4O5/c1-8-9-10-11-12-20-37(31(40)26(21-27(34)38)35-32(41)42-33(5,6)7)29(25-18-16-22(2)17-19-25)30(39)36-28-23(3)14-13-15-24(28)4/h13-19,26,29H,8-12,20-21H2,1-7H3,(H2,34,38)(H,35,41)(H,36,39). The van der Waals surface area contributed by atoms with Crippen LogP contribution in [0.4, 0.5) is 10.5 Å². The zero-order valence-corrected chi connectivity index (χ0v) is 26.2. The number of benzene rings is 2. The summed E-state index contributed by atoms with van der Waals surface area (Å²) in [7, 11) is 0. The molecule has 42 heavy (non-hydrogen) atoms. The predicted octanol–water partition coefficient (Wildman–Crippen LogP) is 5.86. The summed E-state index contributed by atoms with van der Waals surface area (Å²) in [6.07, 6.45) is 3.32. The van der Waals surface area contributed by atoms with E-state index in [1.165, 1.54) is 4.90 Å². The Morgan fingerprint density at radius 3 is 2.05 bits per heavy atom. The average molecular weight is 581 g/mol. The summed E-state index contributed by atoms with van der Waals surface area (Å²) in [5, 5.41) is 5.59. The Labute approximate surface area is 250 Å². The molecule has 2 rings (SSSR count). The first kappa shape index (κ1) is 34.3. The Morgan fingerprint density at radius 2 is 1.50 bits per heavy atom. The van der Waals surface area contributed by atoms with Crippen molar-refractivity contribution >= 4 is 29.5 Å². The number of para-hydroxylation sites is 1. The summed E-state index contributed by atoms with van der Waals surface area (Å²) in [5.74, 6) is -1.75. The summed E-state index contributed by atoms with van der Waals surface area (Å²) in [4.78, 5) is 54.6. The number of unbranched alkanes of at least 4 members (excludes halogenated alkanes) is 4. The number of nitrogens with zero attached hydrogens (tertiary/aromatic N) is 1. The Morgan fingerprint density at radius 1 is 0.905 bits per heavy atom. The van der Waals surface area contributed by atoms with E-state index in [2.05, 4.69) is 17.6 Å². The zero-order valence-electron chi connectivity index (χ0n) is 26.2. The molecule has 0 aromatic heterocycles. The first-order valence-corrected chi connectivity index (χ1v) is 14.8. The summed E-state index contributed by atoms with van der Waals surface area (Å²) in [6, 6.07) is 10.8. The van der Waals surface area contributed by atoms with E-state index in [9.17, 15) is 19.2 Å². The van der Waals surface area contributed by atoms with Crippen LogP contribution in [-0.2, 0) is 19.1 Å². The highest BCUT2D eigenvalue weighted by molar-refractivity contribution is 6.00. The van der Waals surface area contributed by atoms with E-state index in [0.29, 0.717) is 17.7 Å². The smallest absolute Gasteiger partial charge is 0.408 e. The van der Waals surface area contributed by atoms with Crippen LogP contribution in [-0.4, -0.2) is 46.9 Å². The molecule has 230 valence electrons. The number of nitrogens with two attached hydrogens (primary N) is 1. The minimum Gasteiger partial charge on any atom is -0.444 e. The Bertz CT molecular complexity index is 1200. The molecule has 0 saturated carbocycles. The molecule has 2 aromatic carbocycles. The van der Waals surface area contributed by atoms with Gasteiger partial charge in [0.05, 0.1) is 6.42 Å². The number of rotatable bonds is 14. The molecule has 0 spiro atoms. The van der Waals surface area contributed by atoms with Crippen LogP contribution in [0.15, 0.2) is 42.5 Å². The van der Waals surface area contributed by atoms with Crippen LogP contribution in [0.1, 0.15) is 94.5 Å². The molecule has 0 fully saturated rings. The fraction of sp³-hybridized carbons (Fsp3) is 0.515. The van der Waals surface area contributed by atoms with Crippen molar-refractivity contribution in [1.29, 1.82) is 0 Å². The lowest BCUT2D eigenvalue weighted by Crippen LogP contribution is -2.53. The van der Waals surface area contributed by atoms with Crippen molar-refractivity contribution in [3.63, 3.8) is 0 Å². The van der Waals surface area contributed by atoms with Crippen molar-refractivity contribution in [3.05, 3.63) is 64.7 Å². The second-order valence-electron chi connectivity index (χ2n) is 11.9. The van der Waals surface area contributed by atoms with E-state index in [4.69, 9.17) is 10.5 Å². The summed E-state index contributed by atoms with van der Waals surface area (Å²) < 4.78 is 5.36. The maximum atomic E-state index is 14.2. The van der Waals surface area contributed by atoms with Crippen molar-refractivity contribution in [1.82, 2.24) is 10.2 Å². The Balaban J connectivity index is 2.57. The molecule has 0 aliphatic rings. The average Bonchev–Trinajstić information content (AvgIpc) is 2.88. The van der Waals surface area contributed by atoms with Crippen LogP contribution < -0.4 is 16.4 Å². The molecular weight excluding hydrogens is 532 g/mol. The van der Waals surface area contributed by atoms with Gasteiger partial charge < -0.3 is 26.0 Å². The number of amides is 4. The number of carbonyl (C=O) groups is 4. The molecule has 0 radical (unpaired) electrons. The number of hydrogen-bond donors (Lipinski definition) is 3. The number of ether oxygens (including phenoxy) is 1. The largest absolute Gasteiger partial charge is 0.444 e. The number of aryl methyl sites for hydroxylation is 3. The van der Waals surface area contributed by atoms with Gasteiger partial charge in [-0.25, -0.2) is 4.79 Å². The number of carbonyl (C=O) groups excluding carboxylic acids is 4. The molecule has 9 heteroatoms. The summed E-state index contributed by atoms with van der Waals surface area (Å²) in [5.41, 5.74) is 8.76. The molecule has 0 aliphatic heterocycles. The SMILES string of the molecule is CCCCCCCN(C(=O)C(CC(N)=O)NC(=O)OC(C)(C)C)C(C(=O)Nc1c(C)cccc1C)c1ccc(C)cc1. The van der Waals surface area contributed by atoms with Crippen LogP contribution in [0.2, 0.25) is 0 Å². The highest BCUT2D eigenvalue weighted by Crippen LogP contribution is 2.28. The van der Waals surface area contributed by atoms with Gasteiger partial charge in [-0.3, -0.25) is 14.4 Å². The maximum Gasteiger partial charge on any atom is 0.408 e. The molecule has 4 amide bonds. The van der Waals surface area contributed by atoms with E-state index < -0.39 is 47.9 Å². The van der Waals surface area contributed by atoms with Crippen LogP contribution in [0.5, 0.6) is 0 Å². The van der Waals surface area contributed by atoms with Crippen molar-refractivity contribution in [3.8, 4) is 0 Å². The second kappa shape index (κ2) is 15.9. The van der Waals surface area contributed by atoms with Crippen LogP contribution in [0, 0.1) is 20.8 Å². The topological polar surface area (TPSA) is 131 Å². The molecule has 9 nitrogen and oxygen atoms in total. The number of nitrogens with one attached hydrogen (secondary N) is 2. The Kier molecular flexibility index (Phi) is 13.0. The van der Waals surface area contributed by atoms with E-state index >= 15 is 0 Å². The number of hydrogen-bond acceptors (Lipinski definition) is 5. The third-order valence-corrected chi connectivity index (χ3v) is 6.86. The van der Waals surface area contributed by atoms with E-state index in [1.54, 1.807) is 20.8 Å². The molecule has 0 saturated heterocycles. The highest BCUT2D eigenvalue weighted by Gasteiger charge is 2.37.